The van der Waals surface area contributed by atoms with Crippen LogP contribution in [0.1, 0.15) is 0 Å². The number of hydrogen-bond acceptors (Lipinski definition) is 3. The number of benzene rings is 5. The maximum Gasteiger partial charge on any atom is 0.238 e. The molecule has 7 rings (SSSR count). The van der Waals surface area contributed by atoms with Crippen LogP contribution in [-0.4, -0.2) is 19.5 Å². The molecule has 0 radical (unpaired) electrons. The molecule has 4 nitrogen and oxygen atoms in total. The molecule has 0 aliphatic carbocycles. The summed E-state index contributed by atoms with van der Waals surface area (Å²) in [5.41, 5.74) is 6.41. The zero-order valence-electron chi connectivity index (χ0n) is 20.0. The van der Waals surface area contributed by atoms with E-state index in [1.165, 1.54) is 21.9 Å². The topological polar surface area (TPSA) is 43.6 Å². The van der Waals surface area contributed by atoms with Crippen LogP contribution in [0.3, 0.4) is 0 Å². The van der Waals surface area contributed by atoms with E-state index >= 15 is 0 Å². The molecule has 0 atom stereocenters. The molecular weight excluding hydrogens is 452 g/mol. The highest BCUT2D eigenvalue weighted by molar-refractivity contribution is 6.10. The Kier molecular flexibility index (Phi) is 5.07. The molecule has 0 aliphatic rings. The van der Waals surface area contributed by atoms with Crippen LogP contribution in [0.5, 0.6) is 0 Å². The second-order valence-corrected chi connectivity index (χ2v) is 8.97. The molecule has 0 unspecified atom stereocenters. The number of hydrogen-bond donors (Lipinski definition) is 0. The van der Waals surface area contributed by atoms with E-state index in [2.05, 4.69) is 71.3 Å². The van der Waals surface area contributed by atoms with Crippen molar-refractivity contribution >= 4 is 21.8 Å². The number of nitrogens with zero attached hydrogens (tertiary/aromatic N) is 4. The van der Waals surface area contributed by atoms with Gasteiger partial charge in [-0.1, -0.05) is 115 Å². The fraction of sp³-hybridized carbons (Fsp3) is 0. The molecular formula is C33H22N4. The van der Waals surface area contributed by atoms with Crippen molar-refractivity contribution in [1.82, 2.24) is 19.5 Å². The zero-order valence-corrected chi connectivity index (χ0v) is 20.0. The van der Waals surface area contributed by atoms with Crippen LogP contribution >= 0.6 is 0 Å². The summed E-state index contributed by atoms with van der Waals surface area (Å²) in [7, 11) is 0. The van der Waals surface area contributed by atoms with Gasteiger partial charge in [0.25, 0.3) is 0 Å². The van der Waals surface area contributed by atoms with E-state index in [0.29, 0.717) is 17.6 Å². The lowest BCUT2D eigenvalue weighted by atomic mass is 10.0. The molecule has 0 spiro atoms. The molecule has 0 saturated heterocycles. The van der Waals surface area contributed by atoms with Crippen molar-refractivity contribution in [3.8, 4) is 39.9 Å². The molecule has 0 N–H and O–H groups in total. The molecule has 0 bridgehead atoms. The van der Waals surface area contributed by atoms with Gasteiger partial charge in [0, 0.05) is 21.9 Å². The van der Waals surface area contributed by atoms with Gasteiger partial charge in [0.15, 0.2) is 11.6 Å². The molecule has 7 aromatic rings. The van der Waals surface area contributed by atoms with Crippen molar-refractivity contribution in [2.45, 2.75) is 0 Å². The Morgan fingerprint density at radius 2 is 0.892 bits per heavy atom. The molecule has 0 saturated carbocycles. The monoisotopic (exact) mass is 474 g/mol. The molecule has 37 heavy (non-hydrogen) atoms. The smallest absolute Gasteiger partial charge is 0.238 e. The summed E-state index contributed by atoms with van der Waals surface area (Å²) in [5, 5.41) is 2.33. The third-order valence-corrected chi connectivity index (χ3v) is 6.67. The second-order valence-electron chi connectivity index (χ2n) is 8.97. The lowest BCUT2D eigenvalue weighted by molar-refractivity contribution is 0.953. The maximum atomic E-state index is 4.99. The van der Waals surface area contributed by atoms with Gasteiger partial charge in [-0.3, -0.25) is 4.57 Å². The van der Waals surface area contributed by atoms with E-state index < -0.39 is 0 Å². The quantitative estimate of drug-likeness (QED) is 0.260. The summed E-state index contributed by atoms with van der Waals surface area (Å²) >= 11 is 0. The SMILES string of the molecule is c1ccc(-c2ccc3c(c2)c2ccccc2n3-c2nc(-c3ccccc3)nc(-c3ccccc3)n2)cc1. The molecule has 5 aromatic carbocycles. The highest BCUT2D eigenvalue weighted by atomic mass is 15.2. The zero-order chi connectivity index (χ0) is 24.6. The van der Waals surface area contributed by atoms with Gasteiger partial charge in [-0.05, 0) is 29.3 Å². The first kappa shape index (κ1) is 21.2. The van der Waals surface area contributed by atoms with Crippen molar-refractivity contribution in [1.29, 1.82) is 0 Å². The lowest BCUT2D eigenvalue weighted by Gasteiger charge is -2.11. The van der Waals surface area contributed by atoms with Crippen molar-refractivity contribution in [3.63, 3.8) is 0 Å². The van der Waals surface area contributed by atoms with Crippen LogP contribution in [0.4, 0.5) is 0 Å². The van der Waals surface area contributed by atoms with Crippen molar-refractivity contribution < 1.29 is 0 Å². The van der Waals surface area contributed by atoms with Crippen LogP contribution in [0.15, 0.2) is 133 Å². The molecule has 0 aliphatic heterocycles. The van der Waals surface area contributed by atoms with Crippen LogP contribution in [0, 0.1) is 0 Å². The lowest BCUT2D eigenvalue weighted by Crippen LogP contribution is -2.06. The average molecular weight is 475 g/mol. The van der Waals surface area contributed by atoms with Crippen molar-refractivity contribution in [2.24, 2.45) is 0 Å². The average Bonchev–Trinajstić information content (AvgIpc) is 3.32. The minimum absolute atomic E-state index is 0.603. The summed E-state index contributed by atoms with van der Waals surface area (Å²) in [5.74, 6) is 1.90. The number of rotatable bonds is 4. The summed E-state index contributed by atoms with van der Waals surface area (Å²) in [4.78, 5) is 14.8. The normalized spacial score (nSPS) is 11.2. The molecule has 174 valence electrons. The molecule has 0 amide bonds. The highest BCUT2D eigenvalue weighted by Gasteiger charge is 2.18. The van der Waals surface area contributed by atoms with Gasteiger partial charge in [0.1, 0.15) is 0 Å². The van der Waals surface area contributed by atoms with Gasteiger partial charge >= 0.3 is 0 Å². The van der Waals surface area contributed by atoms with Gasteiger partial charge in [0.2, 0.25) is 5.95 Å². The fourth-order valence-corrected chi connectivity index (χ4v) is 4.90. The van der Waals surface area contributed by atoms with E-state index in [0.717, 1.165) is 22.2 Å². The van der Waals surface area contributed by atoms with Gasteiger partial charge in [0.05, 0.1) is 11.0 Å². The Hall–Kier alpha value is -5.09. The Bertz CT molecular complexity index is 1800. The maximum absolute atomic E-state index is 4.99. The Balaban J connectivity index is 1.51. The number of fused-ring (bicyclic) bond motifs is 3. The Morgan fingerprint density at radius 1 is 0.378 bits per heavy atom. The standard InChI is InChI=1S/C33H22N4/c1-4-12-23(13-5-1)26-20-21-30-28(22-26)27-18-10-11-19-29(27)37(30)33-35-31(24-14-6-2-7-15-24)34-32(36-33)25-16-8-3-9-17-25/h1-22H. The highest BCUT2D eigenvalue weighted by Crippen LogP contribution is 2.34. The van der Waals surface area contributed by atoms with Crippen LogP contribution < -0.4 is 0 Å². The predicted octanol–water partition coefficient (Wildman–Crippen LogP) is 7.97. The first-order valence-electron chi connectivity index (χ1n) is 12.3. The van der Waals surface area contributed by atoms with Gasteiger partial charge in [-0.25, -0.2) is 4.98 Å². The van der Waals surface area contributed by atoms with Crippen molar-refractivity contribution in [3.05, 3.63) is 133 Å². The predicted molar refractivity (Wildman–Crippen MR) is 150 cm³/mol. The van der Waals surface area contributed by atoms with E-state index in [-0.39, 0.29) is 0 Å². The first-order chi connectivity index (χ1) is 18.3. The van der Waals surface area contributed by atoms with Crippen LogP contribution in [0.25, 0.3) is 61.7 Å². The molecule has 2 aromatic heterocycles. The van der Waals surface area contributed by atoms with Gasteiger partial charge in [-0.15, -0.1) is 0 Å². The summed E-state index contributed by atoms with van der Waals surface area (Å²) < 4.78 is 2.15. The van der Waals surface area contributed by atoms with E-state index in [4.69, 9.17) is 15.0 Å². The minimum Gasteiger partial charge on any atom is -0.278 e. The minimum atomic E-state index is 0.603. The molecule has 4 heteroatoms. The van der Waals surface area contributed by atoms with Gasteiger partial charge in [-0.2, -0.15) is 9.97 Å². The first-order valence-corrected chi connectivity index (χ1v) is 12.3. The summed E-state index contributed by atoms with van der Waals surface area (Å²) in [6.07, 6.45) is 0. The largest absolute Gasteiger partial charge is 0.278 e. The fourth-order valence-electron chi connectivity index (χ4n) is 4.90. The number of aromatic nitrogens is 4. The van der Waals surface area contributed by atoms with E-state index in [9.17, 15) is 0 Å². The van der Waals surface area contributed by atoms with Gasteiger partial charge < -0.3 is 0 Å². The Labute approximate surface area is 214 Å². The molecule has 2 heterocycles. The third kappa shape index (κ3) is 3.76. The van der Waals surface area contributed by atoms with Crippen LogP contribution in [0.2, 0.25) is 0 Å². The number of para-hydroxylation sites is 1. The van der Waals surface area contributed by atoms with E-state index in [1.54, 1.807) is 0 Å². The summed E-state index contributed by atoms with van der Waals surface area (Å²) in [6.45, 7) is 0. The van der Waals surface area contributed by atoms with Crippen molar-refractivity contribution in [2.75, 3.05) is 0 Å². The summed E-state index contributed by atoms with van der Waals surface area (Å²) in [6, 6.07) is 45.7. The van der Waals surface area contributed by atoms with E-state index in [1.807, 2.05) is 66.7 Å². The van der Waals surface area contributed by atoms with Crippen LogP contribution in [-0.2, 0) is 0 Å². The Morgan fingerprint density at radius 3 is 1.51 bits per heavy atom. The molecule has 0 fully saturated rings. The second kappa shape index (κ2) is 8.85. The third-order valence-electron chi connectivity index (χ3n) is 6.67.